The molecule has 1 fully saturated rings. The van der Waals surface area contributed by atoms with E-state index in [9.17, 15) is 8.94 Å². The highest BCUT2D eigenvalue weighted by Crippen LogP contribution is 2.20. The Balaban J connectivity index is 1.52. The van der Waals surface area contributed by atoms with E-state index < -0.39 is 17.2 Å². The van der Waals surface area contributed by atoms with Crippen LogP contribution in [0.2, 0.25) is 0 Å². The van der Waals surface area contributed by atoms with Crippen LogP contribution in [0.15, 0.2) is 47.4 Å². The normalized spacial score (nSPS) is 18.2. The fourth-order valence-electron chi connectivity index (χ4n) is 3.20. The fourth-order valence-corrected chi connectivity index (χ4v) is 4.25. The number of nitrogens with one attached hydrogen (secondary N) is 1. The van der Waals surface area contributed by atoms with Crippen molar-refractivity contribution in [2.75, 3.05) is 13.1 Å². The van der Waals surface area contributed by atoms with E-state index in [-0.39, 0.29) is 17.7 Å². The van der Waals surface area contributed by atoms with Crippen molar-refractivity contribution in [3.63, 3.8) is 0 Å². The third-order valence-corrected chi connectivity index (χ3v) is 5.75. The van der Waals surface area contributed by atoms with Crippen LogP contribution in [0, 0.1) is 17.1 Å². The van der Waals surface area contributed by atoms with E-state index in [1.807, 2.05) is 26.0 Å². The molecule has 5 nitrogen and oxygen atoms in total. The van der Waals surface area contributed by atoms with Crippen LogP contribution in [0.25, 0.3) is 0 Å². The first-order chi connectivity index (χ1) is 13.4. The lowest BCUT2D eigenvalue weighted by atomic mass is 10.2. The number of halogens is 1. The number of ether oxygens (including phenoxy) is 1. The van der Waals surface area contributed by atoms with Crippen molar-refractivity contribution in [1.82, 2.24) is 9.62 Å². The Morgan fingerprint density at radius 1 is 1.32 bits per heavy atom. The van der Waals surface area contributed by atoms with Crippen LogP contribution in [-0.4, -0.2) is 34.7 Å². The van der Waals surface area contributed by atoms with Crippen molar-refractivity contribution in [1.29, 1.82) is 5.26 Å². The summed E-state index contributed by atoms with van der Waals surface area (Å²) >= 11 is -1.47. The fraction of sp³-hybridized carbons (Fsp3) is 0.381. The van der Waals surface area contributed by atoms with Crippen LogP contribution in [-0.2, 0) is 17.9 Å². The Morgan fingerprint density at radius 3 is 2.75 bits per heavy atom. The van der Waals surface area contributed by atoms with Crippen molar-refractivity contribution >= 4 is 11.4 Å². The van der Waals surface area contributed by atoms with E-state index in [4.69, 9.17) is 10.00 Å². The summed E-state index contributed by atoms with van der Waals surface area (Å²) in [5, 5.41) is 8.92. The highest BCUT2D eigenvalue weighted by Gasteiger charge is 2.27. The third-order valence-electron chi connectivity index (χ3n) is 4.52. The van der Waals surface area contributed by atoms with E-state index in [1.165, 1.54) is 23.8 Å². The number of likely N-dealkylation sites (tertiary alicyclic amines) is 1. The molecule has 3 rings (SSSR count). The highest BCUT2D eigenvalue weighted by atomic mass is 32.2. The second-order valence-corrected chi connectivity index (χ2v) is 8.42. The second kappa shape index (κ2) is 9.39. The Bertz CT molecular complexity index is 839. The molecule has 1 N–H and O–H groups in total. The Kier molecular flexibility index (Phi) is 6.92. The number of hydrogen-bond donors (Lipinski definition) is 1. The van der Waals surface area contributed by atoms with Crippen LogP contribution >= 0.6 is 0 Å². The molecule has 1 unspecified atom stereocenters. The molecular formula is C21H24FN3O2S. The lowest BCUT2D eigenvalue weighted by molar-refractivity contribution is 0.242. The summed E-state index contributed by atoms with van der Waals surface area (Å²) in [6.07, 6.45) is 1.04. The Morgan fingerprint density at radius 2 is 2.07 bits per heavy atom. The topological polar surface area (TPSA) is 71.3 Å². The van der Waals surface area contributed by atoms with Crippen LogP contribution in [0.1, 0.15) is 31.4 Å². The molecule has 1 heterocycles. The minimum Gasteiger partial charge on any atom is -0.593 e. The van der Waals surface area contributed by atoms with E-state index in [2.05, 4.69) is 21.8 Å². The third kappa shape index (κ3) is 5.46. The first-order valence-electron chi connectivity index (χ1n) is 9.30. The maximum atomic E-state index is 13.4. The monoisotopic (exact) mass is 401 g/mol. The first-order valence-corrected chi connectivity index (χ1v) is 10.4. The molecule has 7 heteroatoms. The quantitative estimate of drug-likeness (QED) is 0.721. The maximum absolute atomic E-state index is 13.4. The molecule has 0 aliphatic carbocycles. The molecule has 2 atom stereocenters. The zero-order chi connectivity index (χ0) is 20.1. The van der Waals surface area contributed by atoms with Gasteiger partial charge in [-0.25, -0.2) is 4.39 Å². The first kappa shape index (κ1) is 20.6. The van der Waals surface area contributed by atoms with Gasteiger partial charge in [-0.3, -0.25) is 4.90 Å². The molecular weight excluding hydrogens is 377 g/mol. The molecule has 1 aliphatic rings. The van der Waals surface area contributed by atoms with E-state index in [1.54, 1.807) is 6.07 Å². The second-order valence-electron chi connectivity index (χ2n) is 7.17. The molecule has 148 valence electrons. The summed E-state index contributed by atoms with van der Waals surface area (Å²) in [4.78, 5) is 2.72. The predicted molar refractivity (Wildman–Crippen MR) is 107 cm³/mol. The molecule has 2 aromatic rings. The van der Waals surface area contributed by atoms with Crippen molar-refractivity contribution in [2.45, 2.75) is 43.9 Å². The van der Waals surface area contributed by atoms with Gasteiger partial charge in [-0.05, 0) is 50.1 Å². The average molecular weight is 402 g/mol. The lowest BCUT2D eigenvalue weighted by Crippen LogP contribution is -2.37. The van der Waals surface area contributed by atoms with Crippen molar-refractivity contribution in [3.05, 3.63) is 59.4 Å². The highest BCUT2D eigenvalue weighted by molar-refractivity contribution is 7.89. The largest absolute Gasteiger partial charge is 0.593 e. The van der Waals surface area contributed by atoms with Crippen LogP contribution in [0.5, 0.6) is 5.75 Å². The molecule has 0 saturated carbocycles. The molecule has 2 aromatic carbocycles. The number of benzene rings is 2. The average Bonchev–Trinajstić information content (AvgIpc) is 3.10. The molecule has 0 amide bonds. The Hall–Kier alpha value is -2.11. The summed E-state index contributed by atoms with van der Waals surface area (Å²) in [6.45, 7) is 6.51. The molecule has 0 radical (unpaired) electrons. The summed E-state index contributed by atoms with van der Waals surface area (Å²) in [6, 6.07) is 13.9. The molecule has 28 heavy (non-hydrogen) atoms. The Labute approximate surface area is 168 Å². The van der Waals surface area contributed by atoms with Gasteiger partial charge in [0.15, 0.2) is 4.90 Å². The van der Waals surface area contributed by atoms with Gasteiger partial charge >= 0.3 is 0 Å². The summed E-state index contributed by atoms with van der Waals surface area (Å²) < 4.78 is 34.7. The zero-order valence-corrected chi connectivity index (χ0v) is 16.8. The van der Waals surface area contributed by atoms with Crippen molar-refractivity contribution in [3.8, 4) is 11.8 Å². The maximum Gasteiger partial charge on any atom is 0.175 e. The van der Waals surface area contributed by atoms with Gasteiger partial charge in [0, 0.05) is 25.7 Å². The molecule has 0 aromatic heterocycles. The minimum absolute atomic E-state index is 0.0833. The lowest BCUT2D eigenvalue weighted by Gasteiger charge is -2.18. The number of rotatable bonds is 7. The van der Waals surface area contributed by atoms with E-state index in [0.717, 1.165) is 31.8 Å². The van der Waals surface area contributed by atoms with Gasteiger partial charge in [-0.2, -0.15) is 5.26 Å². The smallest absolute Gasteiger partial charge is 0.175 e. The van der Waals surface area contributed by atoms with Gasteiger partial charge in [0.1, 0.15) is 17.6 Å². The van der Waals surface area contributed by atoms with Gasteiger partial charge in [0.25, 0.3) is 0 Å². The summed E-state index contributed by atoms with van der Waals surface area (Å²) in [5.74, 6) is 0.270. The molecule has 0 bridgehead atoms. The summed E-state index contributed by atoms with van der Waals surface area (Å²) in [5.41, 5.74) is 1.11. The number of nitriles is 1. The van der Waals surface area contributed by atoms with E-state index >= 15 is 0 Å². The molecule has 1 saturated heterocycles. The SMILES string of the molecule is CC(C)Oc1ccc(CN2CC[C@@H](N[S+]([O-])c3ccc(F)c(C#N)c3)C2)cc1. The van der Waals surface area contributed by atoms with Crippen LogP contribution in [0.4, 0.5) is 4.39 Å². The predicted octanol–water partition coefficient (Wildman–Crippen LogP) is 3.37. The van der Waals surface area contributed by atoms with Crippen molar-refractivity contribution in [2.24, 2.45) is 0 Å². The van der Waals surface area contributed by atoms with Crippen LogP contribution < -0.4 is 9.46 Å². The van der Waals surface area contributed by atoms with E-state index in [0.29, 0.717) is 4.90 Å². The van der Waals surface area contributed by atoms with Crippen molar-refractivity contribution < 1.29 is 13.7 Å². The molecule has 1 aliphatic heterocycles. The number of nitrogens with zero attached hydrogens (tertiary/aromatic N) is 2. The molecule has 0 spiro atoms. The summed E-state index contributed by atoms with van der Waals surface area (Å²) in [7, 11) is 0. The number of hydrogen-bond acceptors (Lipinski definition) is 5. The zero-order valence-electron chi connectivity index (χ0n) is 16.0. The van der Waals surface area contributed by atoms with Gasteiger partial charge < -0.3 is 9.29 Å². The van der Waals surface area contributed by atoms with Gasteiger partial charge in [-0.1, -0.05) is 12.1 Å². The van der Waals surface area contributed by atoms with Crippen LogP contribution in [0.3, 0.4) is 0 Å². The van der Waals surface area contributed by atoms with Gasteiger partial charge in [-0.15, -0.1) is 4.72 Å². The van der Waals surface area contributed by atoms with Gasteiger partial charge in [0.2, 0.25) is 0 Å². The minimum atomic E-state index is -1.47. The standard InChI is InChI=1S/C21H24FN3O2S/c1-15(2)27-19-5-3-16(4-6-19)13-25-10-9-18(14-25)24-28(26)20-7-8-21(22)17(11-20)12-23/h3-8,11,15,18,24H,9-10,13-14H2,1-2H3/t18-,28?/m1/s1. The van der Waals surface area contributed by atoms with Gasteiger partial charge in [0.05, 0.1) is 29.1 Å².